The Hall–Kier alpha value is -1.35. The molecule has 2 rings (SSSR count). The zero-order valence-electron chi connectivity index (χ0n) is 12.3. The first-order valence-electron chi connectivity index (χ1n) is 7.81. The van der Waals surface area contributed by atoms with Crippen molar-refractivity contribution < 1.29 is 4.79 Å². The van der Waals surface area contributed by atoms with Gasteiger partial charge in [0, 0.05) is 12.6 Å². The Balaban J connectivity index is 2.01. The largest absolute Gasteiger partial charge is 0.351 e. The van der Waals surface area contributed by atoms with Crippen molar-refractivity contribution in [2.45, 2.75) is 51.0 Å². The molecule has 0 radical (unpaired) electrons. The Morgan fingerprint density at radius 3 is 2.50 bits per heavy atom. The van der Waals surface area contributed by atoms with Gasteiger partial charge in [-0.3, -0.25) is 4.79 Å². The van der Waals surface area contributed by atoms with Crippen LogP contribution in [0.4, 0.5) is 0 Å². The van der Waals surface area contributed by atoms with Crippen molar-refractivity contribution in [3.63, 3.8) is 0 Å². The van der Waals surface area contributed by atoms with E-state index in [4.69, 9.17) is 5.73 Å². The Kier molecular flexibility index (Phi) is 5.60. The lowest BCUT2D eigenvalue weighted by Crippen LogP contribution is -2.46. The monoisotopic (exact) mass is 274 g/mol. The van der Waals surface area contributed by atoms with Crippen LogP contribution in [0.15, 0.2) is 30.3 Å². The summed E-state index contributed by atoms with van der Waals surface area (Å²) in [6, 6.07) is 10.2. The SMILES string of the molecule is CCC(C(=O)NC(CN)C1CCCC1)c1ccccc1. The van der Waals surface area contributed by atoms with Gasteiger partial charge in [-0.15, -0.1) is 0 Å². The van der Waals surface area contributed by atoms with E-state index in [9.17, 15) is 4.79 Å². The van der Waals surface area contributed by atoms with Crippen molar-refractivity contribution in [2.75, 3.05) is 6.54 Å². The summed E-state index contributed by atoms with van der Waals surface area (Å²) in [6.45, 7) is 2.60. The molecule has 0 heterocycles. The maximum atomic E-state index is 12.5. The first kappa shape index (κ1) is 15.0. The van der Waals surface area contributed by atoms with Crippen LogP contribution in [0.2, 0.25) is 0 Å². The number of benzene rings is 1. The molecule has 1 amide bonds. The minimum atomic E-state index is -0.0633. The third-order valence-electron chi connectivity index (χ3n) is 4.48. The summed E-state index contributed by atoms with van der Waals surface area (Å²) in [7, 11) is 0. The molecule has 0 aliphatic heterocycles. The van der Waals surface area contributed by atoms with E-state index in [1.807, 2.05) is 30.3 Å². The quantitative estimate of drug-likeness (QED) is 0.838. The molecule has 1 fully saturated rings. The van der Waals surface area contributed by atoms with Gasteiger partial charge in [0.05, 0.1) is 5.92 Å². The average Bonchev–Trinajstić information content (AvgIpc) is 3.00. The van der Waals surface area contributed by atoms with E-state index in [2.05, 4.69) is 12.2 Å². The summed E-state index contributed by atoms with van der Waals surface area (Å²) in [6.07, 6.45) is 5.76. The second-order valence-electron chi connectivity index (χ2n) is 5.77. The molecule has 0 aromatic heterocycles. The van der Waals surface area contributed by atoms with Gasteiger partial charge in [-0.1, -0.05) is 50.1 Å². The highest BCUT2D eigenvalue weighted by Gasteiger charge is 2.27. The van der Waals surface area contributed by atoms with E-state index in [0.29, 0.717) is 12.5 Å². The number of rotatable bonds is 6. The summed E-state index contributed by atoms with van der Waals surface area (Å²) < 4.78 is 0. The highest BCUT2D eigenvalue weighted by Crippen LogP contribution is 2.28. The molecule has 3 heteroatoms. The molecule has 0 bridgehead atoms. The summed E-state index contributed by atoms with van der Waals surface area (Å²) in [5.74, 6) is 0.630. The second kappa shape index (κ2) is 7.44. The molecule has 1 aliphatic carbocycles. The molecule has 0 spiro atoms. The molecular weight excluding hydrogens is 248 g/mol. The predicted octanol–water partition coefficient (Wildman–Crippen LogP) is 2.81. The Bertz CT molecular complexity index is 412. The minimum absolute atomic E-state index is 0.0633. The van der Waals surface area contributed by atoms with Crippen molar-refractivity contribution in [2.24, 2.45) is 11.7 Å². The van der Waals surface area contributed by atoms with Gasteiger partial charge in [0.15, 0.2) is 0 Å². The number of amides is 1. The summed E-state index contributed by atoms with van der Waals surface area (Å²) in [5.41, 5.74) is 6.96. The van der Waals surface area contributed by atoms with Gasteiger partial charge >= 0.3 is 0 Å². The van der Waals surface area contributed by atoms with Gasteiger partial charge in [-0.25, -0.2) is 0 Å². The Labute approximate surface area is 121 Å². The standard InChI is InChI=1S/C17H26N2O/c1-2-15(13-8-4-3-5-9-13)17(20)19-16(12-18)14-10-6-7-11-14/h3-5,8-9,14-16H,2,6-7,10-12,18H2,1H3,(H,19,20). The summed E-state index contributed by atoms with van der Waals surface area (Å²) >= 11 is 0. The molecule has 1 aromatic rings. The third kappa shape index (κ3) is 3.60. The van der Waals surface area contributed by atoms with Crippen molar-refractivity contribution in [3.05, 3.63) is 35.9 Å². The summed E-state index contributed by atoms with van der Waals surface area (Å²) in [5, 5.41) is 3.19. The fraction of sp³-hybridized carbons (Fsp3) is 0.588. The number of hydrogen-bond acceptors (Lipinski definition) is 2. The molecule has 110 valence electrons. The fourth-order valence-electron chi connectivity index (χ4n) is 3.27. The van der Waals surface area contributed by atoms with Gasteiger partial charge < -0.3 is 11.1 Å². The number of carbonyl (C=O) groups excluding carboxylic acids is 1. The molecule has 2 unspecified atom stereocenters. The molecule has 1 saturated carbocycles. The van der Waals surface area contributed by atoms with Crippen molar-refractivity contribution in [3.8, 4) is 0 Å². The maximum absolute atomic E-state index is 12.5. The predicted molar refractivity (Wildman–Crippen MR) is 82.4 cm³/mol. The van der Waals surface area contributed by atoms with Crippen molar-refractivity contribution in [1.82, 2.24) is 5.32 Å². The Morgan fingerprint density at radius 1 is 1.30 bits per heavy atom. The van der Waals surface area contributed by atoms with E-state index in [-0.39, 0.29) is 17.9 Å². The van der Waals surface area contributed by atoms with Crippen LogP contribution in [0.1, 0.15) is 50.5 Å². The normalized spacial score (nSPS) is 18.7. The molecular formula is C17H26N2O. The van der Waals surface area contributed by atoms with E-state index in [0.717, 1.165) is 12.0 Å². The minimum Gasteiger partial charge on any atom is -0.351 e. The Morgan fingerprint density at radius 2 is 1.95 bits per heavy atom. The van der Waals surface area contributed by atoms with Crippen LogP contribution in [-0.4, -0.2) is 18.5 Å². The zero-order valence-corrected chi connectivity index (χ0v) is 12.3. The van der Waals surface area contributed by atoms with Crippen LogP contribution < -0.4 is 11.1 Å². The lowest BCUT2D eigenvalue weighted by molar-refractivity contribution is -0.123. The molecule has 0 saturated heterocycles. The van der Waals surface area contributed by atoms with E-state index >= 15 is 0 Å². The third-order valence-corrected chi connectivity index (χ3v) is 4.48. The fourth-order valence-corrected chi connectivity index (χ4v) is 3.27. The first-order chi connectivity index (χ1) is 9.76. The first-order valence-corrected chi connectivity index (χ1v) is 7.81. The van der Waals surface area contributed by atoms with Crippen LogP contribution in [0, 0.1) is 5.92 Å². The lowest BCUT2D eigenvalue weighted by Gasteiger charge is -2.25. The van der Waals surface area contributed by atoms with Crippen LogP contribution in [0.5, 0.6) is 0 Å². The van der Waals surface area contributed by atoms with E-state index < -0.39 is 0 Å². The molecule has 2 atom stereocenters. The zero-order chi connectivity index (χ0) is 14.4. The van der Waals surface area contributed by atoms with E-state index in [1.165, 1.54) is 25.7 Å². The molecule has 1 aromatic carbocycles. The highest BCUT2D eigenvalue weighted by atomic mass is 16.1. The molecule has 3 N–H and O–H groups in total. The molecule has 20 heavy (non-hydrogen) atoms. The van der Waals surface area contributed by atoms with Crippen LogP contribution in [0.3, 0.4) is 0 Å². The van der Waals surface area contributed by atoms with Crippen molar-refractivity contribution in [1.29, 1.82) is 0 Å². The molecule has 1 aliphatic rings. The number of carbonyl (C=O) groups is 1. The summed E-state index contributed by atoms with van der Waals surface area (Å²) in [4.78, 5) is 12.5. The van der Waals surface area contributed by atoms with Crippen LogP contribution in [-0.2, 0) is 4.79 Å². The van der Waals surface area contributed by atoms with Crippen LogP contribution >= 0.6 is 0 Å². The maximum Gasteiger partial charge on any atom is 0.227 e. The van der Waals surface area contributed by atoms with Gasteiger partial charge in [0.1, 0.15) is 0 Å². The van der Waals surface area contributed by atoms with Crippen molar-refractivity contribution >= 4 is 5.91 Å². The lowest BCUT2D eigenvalue weighted by atomic mass is 9.93. The van der Waals surface area contributed by atoms with Gasteiger partial charge in [0.2, 0.25) is 5.91 Å². The second-order valence-corrected chi connectivity index (χ2v) is 5.77. The number of nitrogens with one attached hydrogen (secondary N) is 1. The topological polar surface area (TPSA) is 55.1 Å². The van der Waals surface area contributed by atoms with Gasteiger partial charge in [0.25, 0.3) is 0 Å². The van der Waals surface area contributed by atoms with Crippen LogP contribution in [0.25, 0.3) is 0 Å². The molecule has 3 nitrogen and oxygen atoms in total. The number of nitrogens with two attached hydrogens (primary N) is 1. The van der Waals surface area contributed by atoms with Gasteiger partial charge in [-0.05, 0) is 30.7 Å². The van der Waals surface area contributed by atoms with E-state index in [1.54, 1.807) is 0 Å². The number of hydrogen-bond donors (Lipinski definition) is 2. The smallest absolute Gasteiger partial charge is 0.227 e. The van der Waals surface area contributed by atoms with Gasteiger partial charge in [-0.2, -0.15) is 0 Å². The average molecular weight is 274 g/mol. The highest BCUT2D eigenvalue weighted by molar-refractivity contribution is 5.83.